The summed E-state index contributed by atoms with van der Waals surface area (Å²) >= 11 is 0. The third-order valence-electron chi connectivity index (χ3n) is 7.48. The van der Waals surface area contributed by atoms with Crippen molar-refractivity contribution in [3.63, 3.8) is 0 Å². The molecule has 2 atom stereocenters. The number of nitrogens with zero attached hydrogens (tertiary/aromatic N) is 2. The van der Waals surface area contributed by atoms with E-state index < -0.39 is 12.1 Å². The molecule has 0 spiro atoms. The van der Waals surface area contributed by atoms with Crippen LogP contribution in [0.25, 0.3) is 0 Å². The summed E-state index contributed by atoms with van der Waals surface area (Å²) < 4.78 is 0. The van der Waals surface area contributed by atoms with Crippen molar-refractivity contribution in [2.45, 2.75) is 59.1 Å². The Morgan fingerprint density at radius 1 is 0.820 bits per heavy atom. The van der Waals surface area contributed by atoms with Crippen LogP contribution in [-0.4, -0.2) is 102 Å². The maximum absolute atomic E-state index is 13.1. The number of hydrogen-bond donors (Lipinski definition) is 5. The monoisotopic (exact) mass is 694 g/mol. The lowest BCUT2D eigenvalue weighted by molar-refractivity contribution is -0.197. The van der Waals surface area contributed by atoms with Gasteiger partial charge in [0.25, 0.3) is 12.4 Å². The van der Waals surface area contributed by atoms with Crippen LogP contribution in [0.5, 0.6) is 11.5 Å². The number of phenols is 2. The summed E-state index contributed by atoms with van der Waals surface area (Å²) in [6, 6.07) is 23.1. The minimum Gasteiger partial charge on any atom is -0.508 e. The number of rotatable bonds is 18. The van der Waals surface area contributed by atoms with E-state index in [4.69, 9.17) is 19.8 Å². The van der Waals surface area contributed by atoms with E-state index in [2.05, 4.69) is 24.5 Å². The topological polar surface area (TPSA) is 169 Å². The number of nitrogens with one attached hydrogen (secondary N) is 2. The molecule has 12 nitrogen and oxygen atoms in total. The van der Waals surface area contributed by atoms with Gasteiger partial charge in [-0.25, -0.2) is 0 Å². The fraction of sp³-hybridized carbons (Fsp3) is 0.421. The predicted octanol–water partition coefficient (Wildman–Crippen LogP) is 3.98. The van der Waals surface area contributed by atoms with Crippen molar-refractivity contribution in [1.82, 2.24) is 20.6 Å². The smallest absolute Gasteiger partial charge is 0.290 e. The van der Waals surface area contributed by atoms with Gasteiger partial charge in [-0.2, -0.15) is 5.06 Å². The summed E-state index contributed by atoms with van der Waals surface area (Å²) in [5.41, 5.74) is 3.05. The molecule has 3 rings (SSSR count). The zero-order valence-electron chi connectivity index (χ0n) is 29.8. The van der Waals surface area contributed by atoms with Gasteiger partial charge in [0.15, 0.2) is 6.10 Å². The summed E-state index contributed by atoms with van der Waals surface area (Å²) in [4.78, 5) is 53.5. The zero-order chi connectivity index (χ0) is 37.3. The first-order valence-electron chi connectivity index (χ1n) is 16.7. The van der Waals surface area contributed by atoms with Crippen LogP contribution in [0.3, 0.4) is 0 Å². The Morgan fingerprint density at radius 2 is 1.36 bits per heavy atom. The molecule has 0 aliphatic carbocycles. The number of phenolic OH excluding ortho intramolecular Hbond substituents is 2. The molecule has 3 aromatic carbocycles. The van der Waals surface area contributed by atoms with Crippen LogP contribution in [0.15, 0.2) is 78.9 Å². The predicted molar refractivity (Wildman–Crippen MR) is 194 cm³/mol. The molecule has 0 aromatic heterocycles. The van der Waals surface area contributed by atoms with Gasteiger partial charge >= 0.3 is 0 Å². The number of hydroxylamine groups is 2. The number of aromatic hydroxyl groups is 2. The highest BCUT2D eigenvalue weighted by molar-refractivity contribution is 5.82. The van der Waals surface area contributed by atoms with Gasteiger partial charge in [-0.05, 0) is 68.1 Å². The number of benzene rings is 3. The third-order valence-corrected chi connectivity index (χ3v) is 7.48. The first-order valence-corrected chi connectivity index (χ1v) is 16.7. The molecule has 0 heterocycles. The number of carbonyl (C=O) groups is 4. The van der Waals surface area contributed by atoms with Crippen molar-refractivity contribution in [2.75, 3.05) is 39.8 Å². The molecule has 2 unspecified atom stereocenters. The Hall–Kier alpha value is -4.78. The summed E-state index contributed by atoms with van der Waals surface area (Å²) in [6.45, 7) is 9.71. The van der Waals surface area contributed by atoms with Crippen molar-refractivity contribution < 1.29 is 39.3 Å². The van der Waals surface area contributed by atoms with Crippen molar-refractivity contribution in [2.24, 2.45) is 5.92 Å². The molecule has 3 aromatic rings. The Morgan fingerprint density at radius 3 is 1.88 bits per heavy atom. The molecule has 0 bridgehead atoms. The van der Waals surface area contributed by atoms with Crippen LogP contribution in [-0.2, 0) is 36.9 Å². The summed E-state index contributed by atoms with van der Waals surface area (Å²) in [6.07, 6.45) is 1.66. The molecular formula is C38H54N4O8. The number of amides is 2. The fourth-order valence-electron chi connectivity index (χ4n) is 4.59. The maximum Gasteiger partial charge on any atom is 0.290 e. The maximum atomic E-state index is 13.1. The van der Waals surface area contributed by atoms with E-state index in [1.54, 1.807) is 24.3 Å². The molecule has 0 aliphatic heterocycles. The molecule has 0 saturated heterocycles. The lowest BCUT2D eigenvalue weighted by atomic mass is 10.0. The Balaban J connectivity index is 0.000000967. The largest absolute Gasteiger partial charge is 0.508 e. The van der Waals surface area contributed by atoms with E-state index in [0.29, 0.717) is 50.7 Å². The van der Waals surface area contributed by atoms with Crippen LogP contribution in [0.1, 0.15) is 43.9 Å². The molecule has 2 amide bonds. The van der Waals surface area contributed by atoms with E-state index in [0.717, 1.165) is 23.8 Å². The highest BCUT2D eigenvalue weighted by Crippen LogP contribution is 2.14. The van der Waals surface area contributed by atoms with Crippen LogP contribution in [0.2, 0.25) is 0 Å². The number of carbonyl (C=O) groups excluding carboxylic acids is 3. The van der Waals surface area contributed by atoms with Crippen LogP contribution >= 0.6 is 0 Å². The fourth-order valence-corrected chi connectivity index (χ4v) is 4.59. The van der Waals surface area contributed by atoms with Gasteiger partial charge in [0, 0.05) is 32.6 Å². The first-order chi connectivity index (χ1) is 23.9. The SMILES string of the molecule is CCN(CC=O)OC(Cc1ccccc1)C(=O)NCCN(C)C(Cc1ccc(O)cc1)C(=O)NCCC(C)C.Cc1ccc(O)cc1.O=CO. The lowest BCUT2D eigenvalue weighted by Crippen LogP contribution is -2.50. The minimum absolute atomic E-state index is 0.0721. The normalized spacial score (nSPS) is 11.8. The molecule has 0 saturated carbocycles. The molecule has 0 fully saturated rings. The first kappa shape index (κ1) is 43.2. The standard InChI is InChI=1S/C30H44N4O5.C7H8O.CH2O2/c1-5-34(19-20-35)39-28(22-24-9-7-6-8-10-24)30(38)32-17-18-33(4)27(29(37)31-16-15-23(2)3)21-25-11-13-26(36)14-12-25;1-6-2-4-7(8)5-3-6;2-1-3/h6-14,20,23,27-28,36H,5,15-19,21-22H2,1-4H3,(H,31,37)(H,32,38);2-5,8H,1H3;1H,(H,2,3). The molecule has 0 radical (unpaired) electrons. The summed E-state index contributed by atoms with van der Waals surface area (Å²) in [5.74, 6) is 0.628. The average molecular weight is 695 g/mol. The van der Waals surface area contributed by atoms with E-state index in [-0.39, 0.29) is 30.6 Å². The van der Waals surface area contributed by atoms with Crippen LogP contribution in [0.4, 0.5) is 0 Å². The number of aldehydes is 1. The number of aryl methyl sites for hydroxylation is 1. The number of likely N-dealkylation sites (N-methyl/N-ethyl adjacent to an activating group) is 2. The second-order valence-corrected chi connectivity index (χ2v) is 12.0. The molecule has 5 N–H and O–H groups in total. The highest BCUT2D eigenvalue weighted by Gasteiger charge is 2.26. The van der Waals surface area contributed by atoms with E-state index in [1.165, 1.54) is 10.6 Å². The van der Waals surface area contributed by atoms with Crippen LogP contribution in [0, 0.1) is 12.8 Å². The average Bonchev–Trinajstić information content (AvgIpc) is 3.09. The summed E-state index contributed by atoms with van der Waals surface area (Å²) in [7, 11) is 1.86. The summed E-state index contributed by atoms with van der Waals surface area (Å²) in [5, 5.41) is 32.7. The van der Waals surface area contributed by atoms with Crippen LogP contribution < -0.4 is 10.6 Å². The third kappa shape index (κ3) is 18.7. The molecular weight excluding hydrogens is 640 g/mol. The van der Waals surface area contributed by atoms with Crippen molar-refractivity contribution in [1.29, 1.82) is 0 Å². The quantitative estimate of drug-likeness (QED) is 0.0971. The molecule has 12 heteroatoms. The van der Waals surface area contributed by atoms with E-state index >= 15 is 0 Å². The highest BCUT2D eigenvalue weighted by atomic mass is 16.7. The van der Waals surface area contributed by atoms with Crippen molar-refractivity contribution in [3.8, 4) is 11.5 Å². The van der Waals surface area contributed by atoms with Gasteiger partial charge in [0.1, 0.15) is 17.8 Å². The van der Waals surface area contributed by atoms with Gasteiger partial charge in [-0.15, -0.1) is 0 Å². The van der Waals surface area contributed by atoms with Crippen molar-refractivity contribution >= 4 is 24.6 Å². The Bertz CT molecular complexity index is 1350. The minimum atomic E-state index is -0.801. The van der Waals surface area contributed by atoms with Gasteiger partial charge in [-0.1, -0.05) is 80.9 Å². The molecule has 0 aliphatic rings. The molecule has 274 valence electrons. The number of hydrogen-bond acceptors (Lipinski definition) is 9. The Labute approximate surface area is 296 Å². The molecule has 50 heavy (non-hydrogen) atoms. The lowest BCUT2D eigenvalue weighted by Gasteiger charge is -2.28. The van der Waals surface area contributed by atoms with E-state index in [1.807, 2.05) is 80.4 Å². The number of carboxylic acid groups (broad SMARTS) is 1. The second kappa shape index (κ2) is 25.2. The van der Waals surface area contributed by atoms with Crippen molar-refractivity contribution in [3.05, 3.63) is 95.6 Å². The second-order valence-electron chi connectivity index (χ2n) is 12.0. The van der Waals surface area contributed by atoms with Gasteiger partial charge in [-0.3, -0.25) is 24.1 Å². The van der Waals surface area contributed by atoms with Gasteiger partial charge in [0.05, 0.1) is 12.6 Å². The van der Waals surface area contributed by atoms with Gasteiger partial charge in [0.2, 0.25) is 5.91 Å². The van der Waals surface area contributed by atoms with Gasteiger partial charge < -0.3 is 30.7 Å². The van der Waals surface area contributed by atoms with E-state index in [9.17, 15) is 19.5 Å². The Kier molecular flexibility index (Phi) is 21.8. The zero-order valence-corrected chi connectivity index (χ0v) is 29.8.